The van der Waals surface area contributed by atoms with Gasteiger partial charge >= 0.3 is 6.18 Å². The lowest BCUT2D eigenvalue weighted by atomic mass is 9.95. The van der Waals surface area contributed by atoms with Gasteiger partial charge in [-0.25, -0.2) is 0 Å². The highest BCUT2D eigenvalue weighted by Gasteiger charge is 2.39. The predicted molar refractivity (Wildman–Crippen MR) is 120 cm³/mol. The van der Waals surface area contributed by atoms with Crippen molar-refractivity contribution in [3.63, 3.8) is 0 Å². The van der Waals surface area contributed by atoms with Crippen LogP contribution in [0.2, 0.25) is 10.0 Å². The number of hydrogen-bond donors (Lipinski definition) is 1. The fourth-order valence-electron chi connectivity index (χ4n) is 3.36. The van der Waals surface area contributed by atoms with E-state index >= 15 is 0 Å². The van der Waals surface area contributed by atoms with E-state index in [-0.39, 0.29) is 46.2 Å². The molecule has 2 aromatic rings. The Morgan fingerprint density at radius 2 is 1.75 bits per heavy atom. The molecular weight excluding hydrogens is 462 g/mol. The lowest BCUT2D eigenvalue weighted by Gasteiger charge is -2.18. The minimum Gasteiger partial charge on any atom is -0.353 e. The molecule has 0 radical (unpaired) electrons. The number of aryl methyl sites for hydroxylation is 1. The van der Waals surface area contributed by atoms with Crippen LogP contribution in [0.5, 0.6) is 0 Å². The van der Waals surface area contributed by atoms with Crippen LogP contribution < -0.4 is 5.32 Å². The molecule has 1 saturated carbocycles. The quantitative estimate of drug-likeness (QED) is 0.414. The molecule has 1 aliphatic rings. The Labute approximate surface area is 194 Å². The van der Waals surface area contributed by atoms with Crippen LogP contribution in [0.15, 0.2) is 42.5 Å². The summed E-state index contributed by atoms with van der Waals surface area (Å²) in [7, 11) is 0. The number of ketones is 1. The van der Waals surface area contributed by atoms with Crippen molar-refractivity contribution < 1.29 is 22.8 Å². The van der Waals surface area contributed by atoms with E-state index in [4.69, 9.17) is 23.2 Å². The van der Waals surface area contributed by atoms with E-state index in [1.165, 1.54) is 24.3 Å². The number of halogens is 5. The summed E-state index contributed by atoms with van der Waals surface area (Å²) in [4.78, 5) is 24.2. The second kappa shape index (κ2) is 10.1. The third kappa shape index (κ3) is 6.84. The summed E-state index contributed by atoms with van der Waals surface area (Å²) in [5.41, 5.74) is 1.55. The Morgan fingerprint density at radius 3 is 2.31 bits per heavy atom. The fraction of sp³-hybridized carbons (Fsp3) is 0.333. The van der Waals surface area contributed by atoms with Crippen LogP contribution in [0.4, 0.5) is 13.2 Å². The highest BCUT2D eigenvalue weighted by Crippen LogP contribution is 2.38. The lowest BCUT2D eigenvalue weighted by Crippen LogP contribution is -2.25. The Morgan fingerprint density at radius 1 is 1.09 bits per heavy atom. The molecule has 0 heterocycles. The first-order chi connectivity index (χ1) is 15.0. The van der Waals surface area contributed by atoms with Crippen molar-refractivity contribution in [1.29, 1.82) is 0 Å². The fourth-order valence-corrected chi connectivity index (χ4v) is 3.91. The molecule has 0 saturated heterocycles. The van der Waals surface area contributed by atoms with E-state index < -0.39 is 12.1 Å². The Balaban J connectivity index is 1.72. The average molecular weight is 484 g/mol. The van der Waals surface area contributed by atoms with Crippen molar-refractivity contribution >= 4 is 41.0 Å². The molecule has 1 N–H and O–H groups in total. The number of rotatable bonds is 8. The molecule has 1 aliphatic carbocycles. The summed E-state index contributed by atoms with van der Waals surface area (Å²) in [5, 5.41) is 3.08. The van der Waals surface area contributed by atoms with Crippen molar-refractivity contribution in [2.24, 2.45) is 0 Å². The van der Waals surface area contributed by atoms with Crippen molar-refractivity contribution in [2.75, 3.05) is 0 Å². The van der Waals surface area contributed by atoms with E-state index in [9.17, 15) is 22.8 Å². The maximum Gasteiger partial charge on any atom is 0.399 e. The molecule has 0 spiro atoms. The average Bonchev–Trinajstić information content (AvgIpc) is 3.48. The summed E-state index contributed by atoms with van der Waals surface area (Å²) in [6.45, 7) is 1.72. The van der Waals surface area contributed by atoms with Crippen molar-refractivity contribution in [3.8, 4) is 0 Å². The van der Waals surface area contributed by atoms with Crippen LogP contribution in [0, 0.1) is 6.92 Å². The zero-order valence-corrected chi connectivity index (χ0v) is 18.8. The molecule has 1 amide bonds. The van der Waals surface area contributed by atoms with Gasteiger partial charge in [0.1, 0.15) is 0 Å². The van der Waals surface area contributed by atoms with Crippen LogP contribution >= 0.6 is 23.2 Å². The van der Waals surface area contributed by atoms with Gasteiger partial charge in [0, 0.05) is 34.5 Å². The molecule has 170 valence electrons. The molecule has 8 heteroatoms. The minimum atomic E-state index is -4.53. The number of Topliss-reactive ketones (excluding diaryl/α,β-unsaturated/α-hetero) is 1. The van der Waals surface area contributed by atoms with Crippen LogP contribution in [0.3, 0.4) is 0 Å². The minimum absolute atomic E-state index is 0.0563. The first kappa shape index (κ1) is 24.3. The Hall–Kier alpha value is -2.31. The molecule has 3 rings (SSSR count). The van der Waals surface area contributed by atoms with Gasteiger partial charge in [0.15, 0.2) is 5.78 Å². The second-order valence-corrected chi connectivity index (χ2v) is 8.79. The number of hydrogen-bond acceptors (Lipinski definition) is 2. The third-order valence-corrected chi connectivity index (χ3v) is 5.59. The molecule has 1 fully saturated rings. The van der Waals surface area contributed by atoms with Gasteiger partial charge in [-0.1, -0.05) is 53.6 Å². The molecule has 32 heavy (non-hydrogen) atoms. The predicted octanol–water partition coefficient (Wildman–Crippen LogP) is 6.90. The van der Waals surface area contributed by atoms with Gasteiger partial charge in [-0.2, -0.15) is 13.2 Å². The molecule has 0 aromatic heterocycles. The van der Waals surface area contributed by atoms with Crippen LogP contribution in [0.1, 0.15) is 58.6 Å². The number of carbonyl (C=O) groups excluding carboxylic acids is 2. The van der Waals surface area contributed by atoms with Crippen LogP contribution in [-0.4, -0.2) is 23.9 Å². The van der Waals surface area contributed by atoms with Gasteiger partial charge in [-0.05, 0) is 54.7 Å². The van der Waals surface area contributed by atoms with E-state index in [1.54, 1.807) is 25.1 Å². The molecule has 2 aromatic carbocycles. The summed E-state index contributed by atoms with van der Waals surface area (Å²) in [5.74, 6) is -2.20. The Bertz CT molecular complexity index is 1030. The zero-order valence-electron chi connectivity index (χ0n) is 17.3. The first-order valence-electron chi connectivity index (χ1n) is 10.2. The van der Waals surface area contributed by atoms with E-state index in [0.29, 0.717) is 16.7 Å². The summed E-state index contributed by atoms with van der Waals surface area (Å²) in [6, 6.07) is 8.90. The maximum atomic E-state index is 13.6. The summed E-state index contributed by atoms with van der Waals surface area (Å²) in [6.07, 6.45) is 0.0288. The van der Waals surface area contributed by atoms with E-state index in [2.05, 4.69) is 5.32 Å². The van der Waals surface area contributed by atoms with E-state index in [0.717, 1.165) is 18.9 Å². The first-order valence-corrected chi connectivity index (χ1v) is 10.9. The standard InChI is InChI=1S/C24H22Cl2F3NO2/c1-14-10-15(2-6-20(14)22(31)8-9-23(32)30-19-4-5-19)3-7-21(24(27,28)29)16-11-17(25)13-18(26)12-16/h2-3,6-7,10-13,19,21H,4-5,8-9H2,1H3,(H,30,32)/b7-3+. The molecule has 0 bridgehead atoms. The number of allylic oxidation sites excluding steroid dienone is 1. The van der Waals surface area contributed by atoms with Crippen molar-refractivity contribution in [1.82, 2.24) is 5.32 Å². The molecule has 1 atom stereocenters. The Kier molecular flexibility index (Phi) is 7.67. The van der Waals surface area contributed by atoms with Crippen LogP contribution in [0.25, 0.3) is 6.08 Å². The number of alkyl halides is 3. The summed E-state index contributed by atoms with van der Waals surface area (Å²) < 4.78 is 40.9. The highest BCUT2D eigenvalue weighted by atomic mass is 35.5. The normalized spacial score (nSPS) is 15.1. The van der Waals surface area contributed by atoms with Gasteiger partial charge in [0.05, 0.1) is 5.92 Å². The molecule has 0 aliphatic heterocycles. The van der Waals surface area contributed by atoms with Crippen LogP contribution in [-0.2, 0) is 4.79 Å². The molecule has 1 unspecified atom stereocenters. The monoisotopic (exact) mass is 483 g/mol. The topological polar surface area (TPSA) is 46.2 Å². The number of amides is 1. The third-order valence-electron chi connectivity index (χ3n) is 5.15. The van der Waals surface area contributed by atoms with Gasteiger partial charge < -0.3 is 5.32 Å². The highest BCUT2D eigenvalue weighted by molar-refractivity contribution is 6.34. The molecular formula is C24H22Cl2F3NO2. The van der Waals surface area contributed by atoms with Crippen molar-refractivity contribution in [3.05, 3.63) is 74.8 Å². The van der Waals surface area contributed by atoms with Gasteiger partial charge in [0.2, 0.25) is 5.91 Å². The number of nitrogens with one attached hydrogen (secondary N) is 1. The lowest BCUT2D eigenvalue weighted by molar-refractivity contribution is -0.139. The SMILES string of the molecule is Cc1cc(/C=C/C(c2cc(Cl)cc(Cl)c2)C(F)(F)F)ccc1C(=O)CCC(=O)NC1CC1. The van der Waals surface area contributed by atoms with E-state index in [1.807, 2.05) is 0 Å². The van der Waals surface area contributed by atoms with Crippen molar-refractivity contribution in [2.45, 2.75) is 50.7 Å². The second-order valence-electron chi connectivity index (χ2n) is 7.92. The smallest absolute Gasteiger partial charge is 0.353 e. The maximum absolute atomic E-state index is 13.6. The summed E-state index contributed by atoms with van der Waals surface area (Å²) >= 11 is 11.7. The number of carbonyl (C=O) groups is 2. The largest absolute Gasteiger partial charge is 0.399 e. The number of benzene rings is 2. The van der Waals surface area contributed by atoms with Gasteiger partial charge in [-0.15, -0.1) is 0 Å². The zero-order chi connectivity index (χ0) is 23.5. The van der Waals surface area contributed by atoms with Gasteiger partial charge in [-0.3, -0.25) is 9.59 Å². The van der Waals surface area contributed by atoms with Gasteiger partial charge in [0.25, 0.3) is 0 Å². The molecule has 3 nitrogen and oxygen atoms in total.